The maximum atomic E-state index is 14.0. The van der Waals surface area contributed by atoms with Crippen molar-refractivity contribution in [1.82, 2.24) is 14.4 Å². The molecule has 156 valence electrons. The summed E-state index contributed by atoms with van der Waals surface area (Å²) in [5.41, 5.74) is 1.63. The molecule has 0 N–H and O–H groups in total. The quantitative estimate of drug-likeness (QED) is 0.646. The topological polar surface area (TPSA) is 58.7 Å². The Kier molecular flexibility index (Phi) is 5.44. The van der Waals surface area contributed by atoms with Crippen molar-refractivity contribution in [3.8, 4) is 0 Å². The monoisotopic (exact) mass is 409 g/mol. The van der Waals surface area contributed by atoms with Gasteiger partial charge in [0.25, 0.3) is 5.91 Å². The van der Waals surface area contributed by atoms with Crippen LogP contribution in [0.4, 0.5) is 4.39 Å². The number of carbonyl (C=O) groups is 2. The summed E-state index contributed by atoms with van der Waals surface area (Å²) in [5, 5.41) is 0. The fraction of sp³-hybridized carbons (Fsp3) is 0.304. The van der Waals surface area contributed by atoms with Gasteiger partial charge in [0.1, 0.15) is 12.4 Å². The van der Waals surface area contributed by atoms with Gasteiger partial charge in [-0.15, -0.1) is 0 Å². The third-order valence-electron chi connectivity index (χ3n) is 5.44. The summed E-state index contributed by atoms with van der Waals surface area (Å²) in [7, 11) is 0. The van der Waals surface area contributed by atoms with Gasteiger partial charge in [-0.3, -0.25) is 9.59 Å². The van der Waals surface area contributed by atoms with Crippen LogP contribution in [0.5, 0.6) is 0 Å². The number of halogens is 1. The Morgan fingerprint density at radius 1 is 1.17 bits per heavy atom. The van der Waals surface area contributed by atoms with Crippen molar-refractivity contribution >= 4 is 11.8 Å². The molecule has 0 saturated heterocycles. The van der Waals surface area contributed by atoms with Crippen LogP contribution >= 0.6 is 0 Å². The third-order valence-corrected chi connectivity index (χ3v) is 5.44. The molecule has 0 aliphatic carbocycles. The highest BCUT2D eigenvalue weighted by atomic mass is 19.1. The van der Waals surface area contributed by atoms with Crippen molar-refractivity contribution in [3.05, 3.63) is 83.8 Å². The molecule has 0 saturated carbocycles. The summed E-state index contributed by atoms with van der Waals surface area (Å²) >= 11 is 0. The zero-order valence-corrected chi connectivity index (χ0v) is 17.0. The van der Waals surface area contributed by atoms with Gasteiger partial charge in [0, 0.05) is 31.0 Å². The molecule has 7 heteroatoms. The van der Waals surface area contributed by atoms with Crippen LogP contribution in [0.3, 0.4) is 0 Å². The van der Waals surface area contributed by atoms with Crippen molar-refractivity contribution in [2.75, 3.05) is 13.1 Å². The Hall–Kier alpha value is -3.35. The van der Waals surface area contributed by atoms with Gasteiger partial charge in [-0.05, 0) is 55.8 Å². The number of furan rings is 1. The number of nitrogens with zero attached hydrogens (tertiary/aromatic N) is 3. The van der Waals surface area contributed by atoms with Crippen LogP contribution in [0.25, 0.3) is 0 Å². The lowest BCUT2D eigenvalue weighted by Crippen LogP contribution is -2.49. The number of carbonyl (C=O) groups excluding carboxylic acids is 2. The largest absolute Gasteiger partial charge is 0.459 e. The van der Waals surface area contributed by atoms with Gasteiger partial charge in [0.2, 0.25) is 5.91 Å². The van der Waals surface area contributed by atoms with Gasteiger partial charge >= 0.3 is 0 Å². The van der Waals surface area contributed by atoms with Crippen LogP contribution in [0, 0.1) is 5.82 Å². The molecule has 0 fully saturated rings. The molecule has 4 rings (SSSR count). The number of aromatic nitrogens is 1. The second-order valence-corrected chi connectivity index (χ2v) is 7.68. The first kappa shape index (κ1) is 19.9. The molecule has 3 aromatic rings. The van der Waals surface area contributed by atoms with Gasteiger partial charge in [-0.25, -0.2) is 4.39 Å². The minimum atomic E-state index is -0.412. The molecule has 30 heavy (non-hydrogen) atoms. The van der Waals surface area contributed by atoms with E-state index in [9.17, 15) is 14.0 Å². The molecule has 6 nitrogen and oxygen atoms in total. The number of rotatable bonds is 5. The zero-order valence-electron chi connectivity index (χ0n) is 17.0. The molecular formula is C23H24FN3O3. The van der Waals surface area contributed by atoms with Crippen LogP contribution in [-0.2, 0) is 11.3 Å². The van der Waals surface area contributed by atoms with Crippen LogP contribution in [0.1, 0.15) is 41.7 Å². The fourth-order valence-electron chi connectivity index (χ4n) is 3.95. The summed E-state index contributed by atoms with van der Waals surface area (Å²) in [5.74, 6) is -0.664. The molecule has 0 bridgehead atoms. The highest BCUT2D eigenvalue weighted by molar-refractivity contribution is 5.94. The number of hydrogen-bond acceptors (Lipinski definition) is 3. The molecule has 2 aromatic heterocycles. The lowest BCUT2D eigenvalue weighted by molar-refractivity contribution is -0.135. The molecule has 1 aromatic carbocycles. The maximum absolute atomic E-state index is 14.0. The van der Waals surface area contributed by atoms with E-state index >= 15 is 0 Å². The first-order valence-electron chi connectivity index (χ1n) is 10.00. The molecule has 1 atom stereocenters. The van der Waals surface area contributed by atoms with Gasteiger partial charge in [-0.2, -0.15) is 0 Å². The lowest BCUT2D eigenvalue weighted by Gasteiger charge is -2.39. The van der Waals surface area contributed by atoms with E-state index in [1.165, 1.54) is 23.3 Å². The number of amides is 2. The van der Waals surface area contributed by atoms with Crippen LogP contribution < -0.4 is 0 Å². The summed E-state index contributed by atoms with van der Waals surface area (Å²) < 4.78 is 21.3. The highest BCUT2D eigenvalue weighted by Crippen LogP contribution is 2.33. The van der Waals surface area contributed by atoms with Crippen molar-refractivity contribution in [2.45, 2.75) is 32.5 Å². The lowest BCUT2D eigenvalue weighted by atomic mass is 9.99. The Bertz CT molecular complexity index is 1040. The first-order valence-corrected chi connectivity index (χ1v) is 10.00. The highest BCUT2D eigenvalue weighted by Gasteiger charge is 2.34. The molecule has 1 aliphatic rings. The first-order chi connectivity index (χ1) is 14.5. The van der Waals surface area contributed by atoms with Crippen molar-refractivity contribution in [3.63, 3.8) is 0 Å². The molecule has 0 radical (unpaired) electrons. The van der Waals surface area contributed by atoms with E-state index in [1.807, 2.05) is 38.2 Å². The summed E-state index contributed by atoms with van der Waals surface area (Å²) in [6, 6.07) is 12.8. The van der Waals surface area contributed by atoms with E-state index < -0.39 is 6.04 Å². The Labute approximate surface area is 174 Å². The fourth-order valence-corrected chi connectivity index (χ4v) is 3.95. The smallest absolute Gasteiger partial charge is 0.290 e. The Balaban J connectivity index is 1.64. The number of hydrogen-bond donors (Lipinski definition) is 0. The SMILES string of the molecule is CC(C)N(CC(=O)N1CCn2cccc2[C@H]1c1cccc(F)c1)C(=O)c1ccco1. The minimum Gasteiger partial charge on any atom is -0.459 e. The molecule has 2 amide bonds. The third kappa shape index (κ3) is 3.75. The van der Waals surface area contributed by atoms with E-state index in [-0.39, 0.29) is 36.0 Å². The van der Waals surface area contributed by atoms with E-state index in [0.29, 0.717) is 18.7 Å². The molecule has 0 spiro atoms. The molecule has 1 aliphatic heterocycles. The summed E-state index contributed by atoms with van der Waals surface area (Å²) in [6.07, 6.45) is 3.40. The van der Waals surface area contributed by atoms with E-state index in [0.717, 1.165) is 5.69 Å². The predicted octanol–water partition coefficient (Wildman–Crippen LogP) is 3.70. The predicted molar refractivity (Wildman–Crippen MR) is 109 cm³/mol. The van der Waals surface area contributed by atoms with Gasteiger partial charge in [0.05, 0.1) is 12.3 Å². The van der Waals surface area contributed by atoms with E-state index in [2.05, 4.69) is 4.57 Å². The molecule has 3 heterocycles. The number of benzene rings is 1. The van der Waals surface area contributed by atoms with Crippen LogP contribution in [0.2, 0.25) is 0 Å². The summed E-state index contributed by atoms with van der Waals surface area (Å²) in [4.78, 5) is 29.4. The van der Waals surface area contributed by atoms with E-state index in [4.69, 9.17) is 4.42 Å². The van der Waals surface area contributed by atoms with Crippen LogP contribution in [0.15, 0.2) is 65.4 Å². The normalized spacial score (nSPS) is 15.9. The minimum absolute atomic E-state index is 0.0796. The number of fused-ring (bicyclic) bond motifs is 1. The second-order valence-electron chi connectivity index (χ2n) is 7.68. The van der Waals surface area contributed by atoms with E-state index in [1.54, 1.807) is 23.1 Å². The van der Waals surface area contributed by atoms with Crippen molar-refractivity contribution < 1.29 is 18.4 Å². The van der Waals surface area contributed by atoms with Crippen LogP contribution in [-0.4, -0.2) is 45.3 Å². The van der Waals surface area contributed by atoms with Crippen molar-refractivity contribution in [1.29, 1.82) is 0 Å². The summed E-state index contributed by atoms with van der Waals surface area (Å²) in [6.45, 7) is 4.76. The Morgan fingerprint density at radius 2 is 2.00 bits per heavy atom. The molecular weight excluding hydrogens is 385 g/mol. The average Bonchev–Trinajstić information content (AvgIpc) is 3.42. The maximum Gasteiger partial charge on any atom is 0.290 e. The standard InChI is InChI=1S/C23H24FN3O3/c1-16(2)27(23(29)20-9-5-13-30-20)15-21(28)26-12-11-25-10-4-8-19(25)22(26)17-6-3-7-18(24)14-17/h3-10,13-14,16,22H,11-12,15H2,1-2H3/t22-/m1/s1. The van der Waals surface area contributed by atoms with Gasteiger partial charge in [0.15, 0.2) is 5.76 Å². The van der Waals surface area contributed by atoms with Gasteiger partial charge in [-0.1, -0.05) is 12.1 Å². The molecule has 0 unspecified atom stereocenters. The van der Waals surface area contributed by atoms with Gasteiger partial charge < -0.3 is 18.8 Å². The van der Waals surface area contributed by atoms with Crippen molar-refractivity contribution in [2.24, 2.45) is 0 Å². The average molecular weight is 409 g/mol. The second kappa shape index (κ2) is 8.18. The Morgan fingerprint density at radius 3 is 2.70 bits per heavy atom. The zero-order chi connectivity index (χ0) is 21.3.